The van der Waals surface area contributed by atoms with Crippen molar-refractivity contribution in [2.75, 3.05) is 24.2 Å². The predicted octanol–water partition coefficient (Wildman–Crippen LogP) is 4.41. The van der Waals surface area contributed by atoms with Crippen molar-refractivity contribution < 1.29 is 9.59 Å². The molecule has 0 unspecified atom stereocenters. The van der Waals surface area contributed by atoms with Crippen LogP contribution in [0.3, 0.4) is 0 Å². The van der Waals surface area contributed by atoms with Gasteiger partial charge in [-0.05, 0) is 57.0 Å². The van der Waals surface area contributed by atoms with E-state index in [1.807, 2.05) is 55.5 Å². The van der Waals surface area contributed by atoms with Gasteiger partial charge in [0.05, 0.1) is 12.6 Å². The second-order valence-electron chi connectivity index (χ2n) is 7.39. The number of likely N-dealkylation sites (N-methyl/N-ethyl adjacent to an activating group) is 1. The summed E-state index contributed by atoms with van der Waals surface area (Å²) < 4.78 is 0. The first-order valence-electron chi connectivity index (χ1n) is 9.78. The Bertz CT molecular complexity index is 802. The van der Waals surface area contributed by atoms with Crippen molar-refractivity contribution in [1.82, 2.24) is 4.90 Å². The normalized spacial score (nSPS) is 13.1. The van der Waals surface area contributed by atoms with Gasteiger partial charge in [-0.15, -0.1) is 0 Å². The van der Waals surface area contributed by atoms with Gasteiger partial charge < -0.3 is 10.6 Å². The molecule has 150 valence electrons. The summed E-state index contributed by atoms with van der Waals surface area (Å²) in [6.45, 7) is 8.22. The van der Waals surface area contributed by atoms with Crippen molar-refractivity contribution in [3.05, 3.63) is 59.7 Å². The van der Waals surface area contributed by atoms with Gasteiger partial charge in [-0.2, -0.15) is 0 Å². The summed E-state index contributed by atoms with van der Waals surface area (Å²) in [6, 6.07) is 15.1. The summed E-state index contributed by atoms with van der Waals surface area (Å²) >= 11 is 0. The summed E-state index contributed by atoms with van der Waals surface area (Å²) in [5, 5.41) is 5.89. The zero-order valence-corrected chi connectivity index (χ0v) is 17.5. The lowest BCUT2D eigenvalue weighted by molar-refractivity contribution is -0.122. The molecule has 0 saturated heterocycles. The van der Waals surface area contributed by atoms with E-state index in [1.165, 1.54) is 0 Å². The number of hydrogen-bond acceptors (Lipinski definition) is 3. The highest BCUT2D eigenvalue weighted by atomic mass is 16.2. The Balaban J connectivity index is 1.95. The number of aryl methyl sites for hydroxylation is 1. The molecule has 0 saturated carbocycles. The van der Waals surface area contributed by atoms with Crippen molar-refractivity contribution in [2.45, 2.75) is 46.1 Å². The van der Waals surface area contributed by atoms with E-state index in [9.17, 15) is 9.59 Å². The van der Waals surface area contributed by atoms with Crippen LogP contribution in [0.1, 0.15) is 44.2 Å². The zero-order chi connectivity index (χ0) is 20.7. The van der Waals surface area contributed by atoms with E-state index < -0.39 is 6.04 Å². The molecule has 2 aromatic carbocycles. The number of carbonyl (C=O) groups excluding carboxylic acids is 2. The molecule has 5 nitrogen and oxygen atoms in total. The van der Waals surface area contributed by atoms with Crippen molar-refractivity contribution in [1.29, 1.82) is 0 Å². The number of nitrogens with zero attached hydrogens (tertiary/aromatic N) is 1. The molecule has 2 amide bonds. The molecule has 0 aliphatic heterocycles. The van der Waals surface area contributed by atoms with Gasteiger partial charge in [0.1, 0.15) is 0 Å². The molecule has 2 rings (SSSR count). The Labute approximate surface area is 168 Å². The molecule has 0 radical (unpaired) electrons. The van der Waals surface area contributed by atoms with Crippen LogP contribution in [-0.2, 0) is 9.59 Å². The maximum absolute atomic E-state index is 12.7. The Morgan fingerprint density at radius 1 is 1.00 bits per heavy atom. The van der Waals surface area contributed by atoms with E-state index in [1.54, 1.807) is 18.9 Å². The average Bonchev–Trinajstić information content (AvgIpc) is 2.68. The van der Waals surface area contributed by atoms with E-state index in [0.717, 1.165) is 28.9 Å². The second kappa shape index (κ2) is 10.0. The van der Waals surface area contributed by atoms with E-state index >= 15 is 0 Å². The minimum absolute atomic E-state index is 0.124. The lowest BCUT2D eigenvalue weighted by atomic mass is 9.97. The van der Waals surface area contributed by atoms with E-state index in [0.29, 0.717) is 5.92 Å². The molecule has 2 N–H and O–H groups in total. The largest absolute Gasteiger partial charge is 0.325 e. The Hall–Kier alpha value is -2.66. The number of benzene rings is 2. The number of nitrogens with one attached hydrogen (secondary N) is 2. The van der Waals surface area contributed by atoms with Crippen molar-refractivity contribution in [3.63, 3.8) is 0 Å². The van der Waals surface area contributed by atoms with Gasteiger partial charge in [0.2, 0.25) is 11.8 Å². The number of anilines is 2. The minimum Gasteiger partial charge on any atom is -0.325 e. The van der Waals surface area contributed by atoms with Gasteiger partial charge in [-0.3, -0.25) is 14.5 Å². The van der Waals surface area contributed by atoms with E-state index in [-0.39, 0.29) is 18.4 Å². The molecule has 2 atom stereocenters. The van der Waals surface area contributed by atoms with Crippen LogP contribution in [0.15, 0.2) is 48.5 Å². The summed E-state index contributed by atoms with van der Waals surface area (Å²) in [7, 11) is 1.78. The van der Waals surface area contributed by atoms with Crippen LogP contribution in [-0.4, -0.2) is 36.3 Å². The smallest absolute Gasteiger partial charge is 0.241 e. The number of amides is 2. The maximum atomic E-state index is 12.7. The van der Waals surface area contributed by atoms with E-state index in [2.05, 4.69) is 24.5 Å². The maximum Gasteiger partial charge on any atom is 0.241 e. The van der Waals surface area contributed by atoms with Crippen molar-refractivity contribution in [2.24, 2.45) is 0 Å². The zero-order valence-electron chi connectivity index (χ0n) is 17.5. The molecule has 28 heavy (non-hydrogen) atoms. The van der Waals surface area contributed by atoms with Gasteiger partial charge in [-0.1, -0.05) is 49.7 Å². The monoisotopic (exact) mass is 381 g/mol. The summed E-state index contributed by atoms with van der Waals surface area (Å²) in [5.41, 5.74) is 3.86. The first-order valence-corrected chi connectivity index (χ1v) is 9.78. The van der Waals surface area contributed by atoms with Crippen LogP contribution >= 0.6 is 0 Å². The SMILES string of the molecule is CC[C@H](C)c1ccccc1NC(=O)[C@@H](C)N(C)CC(=O)Nc1ccc(C)cc1. The Morgan fingerprint density at radius 3 is 2.29 bits per heavy atom. The van der Waals surface area contributed by atoms with Crippen LogP contribution < -0.4 is 10.6 Å². The highest BCUT2D eigenvalue weighted by Gasteiger charge is 2.21. The number of para-hydroxylation sites is 1. The lowest BCUT2D eigenvalue weighted by Crippen LogP contribution is -2.43. The second-order valence-corrected chi connectivity index (χ2v) is 7.39. The quantitative estimate of drug-likeness (QED) is 0.712. The number of hydrogen-bond donors (Lipinski definition) is 2. The summed E-state index contributed by atoms with van der Waals surface area (Å²) in [5.74, 6) is 0.0946. The standard InChI is InChI=1S/C23H31N3O2/c1-6-17(3)20-9-7-8-10-21(20)25-23(28)18(4)26(5)15-22(27)24-19-13-11-16(2)12-14-19/h7-14,17-18H,6,15H2,1-5H3,(H,24,27)(H,25,28)/t17-,18+/m0/s1. The molecule has 0 aromatic heterocycles. The molecule has 2 aromatic rings. The molecular weight excluding hydrogens is 350 g/mol. The van der Waals surface area contributed by atoms with Gasteiger partial charge in [-0.25, -0.2) is 0 Å². The average molecular weight is 382 g/mol. The van der Waals surface area contributed by atoms with Crippen LogP contribution in [0.2, 0.25) is 0 Å². The molecule has 5 heteroatoms. The third-order valence-electron chi connectivity index (χ3n) is 5.13. The van der Waals surface area contributed by atoms with Crippen LogP contribution in [0.25, 0.3) is 0 Å². The van der Waals surface area contributed by atoms with Crippen LogP contribution in [0.5, 0.6) is 0 Å². The van der Waals surface area contributed by atoms with Gasteiger partial charge in [0.15, 0.2) is 0 Å². The van der Waals surface area contributed by atoms with Crippen molar-refractivity contribution in [3.8, 4) is 0 Å². The third kappa shape index (κ3) is 5.92. The first-order chi connectivity index (χ1) is 13.3. The Morgan fingerprint density at radius 2 is 1.64 bits per heavy atom. The van der Waals surface area contributed by atoms with E-state index in [4.69, 9.17) is 0 Å². The fraction of sp³-hybridized carbons (Fsp3) is 0.391. The number of rotatable bonds is 8. The van der Waals surface area contributed by atoms with Crippen LogP contribution in [0, 0.1) is 6.92 Å². The van der Waals surface area contributed by atoms with Crippen LogP contribution in [0.4, 0.5) is 11.4 Å². The van der Waals surface area contributed by atoms with Gasteiger partial charge >= 0.3 is 0 Å². The van der Waals surface area contributed by atoms with Gasteiger partial charge in [0, 0.05) is 11.4 Å². The molecule has 0 heterocycles. The molecular formula is C23H31N3O2. The highest BCUT2D eigenvalue weighted by molar-refractivity contribution is 5.96. The topological polar surface area (TPSA) is 61.4 Å². The molecule has 0 spiro atoms. The fourth-order valence-corrected chi connectivity index (χ4v) is 2.90. The molecule has 0 aliphatic carbocycles. The minimum atomic E-state index is -0.436. The number of carbonyl (C=O) groups is 2. The lowest BCUT2D eigenvalue weighted by Gasteiger charge is -2.24. The van der Waals surface area contributed by atoms with Crippen molar-refractivity contribution >= 4 is 23.2 Å². The highest BCUT2D eigenvalue weighted by Crippen LogP contribution is 2.26. The van der Waals surface area contributed by atoms with Gasteiger partial charge in [0.25, 0.3) is 0 Å². The molecule has 0 fully saturated rings. The predicted molar refractivity (Wildman–Crippen MR) is 116 cm³/mol. The fourth-order valence-electron chi connectivity index (χ4n) is 2.90. The Kier molecular flexibility index (Phi) is 7.76. The first kappa shape index (κ1) is 21.6. The molecule has 0 aliphatic rings. The molecule has 0 bridgehead atoms. The summed E-state index contributed by atoms with van der Waals surface area (Å²) in [4.78, 5) is 26.7. The summed E-state index contributed by atoms with van der Waals surface area (Å²) in [6.07, 6.45) is 1.00. The third-order valence-corrected chi connectivity index (χ3v) is 5.13.